The first-order valence-corrected chi connectivity index (χ1v) is 5.67. The van der Waals surface area contributed by atoms with Gasteiger partial charge in [-0.3, -0.25) is 14.9 Å². The van der Waals surface area contributed by atoms with E-state index in [-0.39, 0.29) is 23.1 Å². The Morgan fingerprint density at radius 2 is 2.15 bits per heavy atom. The Bertz CT molecular complexity index is 666. The molecule has 104 valence electrons. The Labute approximate surface area is 113 Å². The first kappa shape index (κ1) is 13.5. The van der Waals surface area contributed by atoms with Gasteiger partial charge in [-0.2, -0.15) is 5.10 Å². The van der Waals surface area contributed by atoms with Crippen LogP contribution >= 0.6 is 0 Å². The van der Waals surface area contributed by atoms with Crippen LogP contribution < -0.4 is 10.6 Å². The fourth-order valence-electron chi connectivity index (χ4n) is 1.55. The molecule has 1 amide bonds. The summed E-state index contributed by atoms with van der Waals surface area (Å²) in [5.41, 5.74) is 0.0863. The average Bonchev–Trinajstić information content (AvgIpc) is 2.95. The van der Waals surface area contributed by atoms with Crippen molar-refractivity contribution in [3.05, 3.63) is 40.2 Å². The molecule has 9 heteroatoms. The molecule has 0 aromatic carbocycles. The largest absolute Gasteiger partial charge is 0.373 e. The molecule has 0 unspecified atom stereocenters. The Kier molecular flexibility index (Phi) is 3.60. The molecule has 2 N–H and O–H groups in total. The SMILES string of the molecule is CNC(=O)c1ccn(-c2cc([N+](=O)[O-])cc(NC)n2)n1. The van der Waals surface area contributed by atoms with E-state index in [1.807, 2.05) is 0 Å². The van der Waals surface area contributed by atoms with Gasteiger partial charge >= 0.3 is 0 Å². The number of hydrogen-bond acceptors (Lipinski definition) is 6. The van der Waals surface area contributed by atoms with Gasteiger partial charge in [-0.1, -0.05) is 0 Å². The van der Waals surface area contributed by atoms with Crippen molar-refractivity contribution in [3.63, 3.8) is 0 Å². The number of pyridine rings is 1. The minimum absolute atomic E-state index is 0.114. The molecule has 9 nitrogen and oxygen atoms in total. The number of hydrogen-bond donors (Lipinski definition) is 2. The zero-order valence-corrected chi connectivity index (χ0v) is 10.8. The molecular formula is C11H12N6O3. The first-order chi connectivity index (χ1) is 9.55. The molecule has 0 aliphatic rings. The fraction of sp³-hybridized carbons (Fsp3) is 0.182. The monoisotopic (exact) mass is 276 g/mol. The van der Waals surface area contributed by atoms with E-state index in [1.165, 1.54) is 36.1 Å². The van der Waals surface area contributed by atoms with Crippen LogP contribution in [0.15, 0.2) is 24.4 Å². The van der Waals surface area contributed by atoms with Gasteiger partial charge in [0, 0.05) is 20.3 Å². The molecule has 2 aromatic rings. The van der Waals surface area contributed by atoms with Crippen LogP contribution in [-0.2, 0) is 0 Å². The zero-order chi connectivity index (χ0) is 14.7. The van der Waals surface area contributed by atoms with Crippen LogP contribution in [-0.4, -0.2) is 39.7 Å². The lowest BCUT2D eigenvalue weighted by molar-refractivity contribution is -0.384. The number of nitro groups is 1. The van der Waals surface area contributed by atoms with E-state index in [0.717, 1.165) is 0 Å². The molecule has 0 aliphatic carbocycles. The molecule has 20 heavy (non-hydrogen) atoms. The van der Waals surface area contributed by atoms with Crippen molar-refractivity contribution in [2.24, 2.45) is 0 Å². The average molecular weight is 276 g/mol. The van der Waals surface area contributed by atoms with Gasteiger partial charge in [0.25, 0.3) is 11.6 Å². The molecule has 2 heterocycles. The first-order valence-electron chi connectivity index (χ1n) is 5.67. The van der Waals surface area contributed by atoms with Crippen molar-refractivity contribution in [1.29, 1.82) is 0 Å². The van der Waals surface area contributed by atoms with E-state index in [0.29, 0.717) is 5.82 Å². The molecule has 0 aliphatic heterocycles. The Morgan fingerprint density at radius 3 is 2.75 bits per heavy atom. The van der Waals surface area contributed by atoms with Gasteiger partial charge in [0.2, 0.25) is 0 Å². The van der Waals surface area contributed by atoms with Crippen LogP contribution in [0.25, 0.3) is 5.82 Å². The number of nitrogens with zero attached hydrogens (tertiary/aromatic N) is 4. The topological polar surface area (TPSA) is 115 Å². The van der Waals surface area contributed by atoms with Gasteiger partial charge in [0.1, 0.15) is 5.82 Å². The maximum Gasteiger partial charge on any atom is 0.276 e. The van der Waals surface area contributed by atoms with Crippen molar-refractivity contribution in [3.8, 4) is 5.82 Å². The zero-order valence-electron chi connectivity index (χ0n) is 10.8. The minimum atomic E-state index is -0.519. The summed E-state index contributed by atoms with van der Waals surface area (Å²) in [6, 6.07) is 4.09. The third-order valence-corrected chi connectivity index (χ3v) is 2.55. The maximum atomic E-state index is 11.4. The number of carbonyl (C=O) groups is 1. The van der Waals surface area contributed by atoms with E-state index in [4.69, 9.17) is 0 Å². The van der Waals surface area contributed by atoms with Crippen molar-refractivity contribution in [1.82, 2.24) is 20.1 Å². The summed E-state index contributed by atoms with van der Waals surface area (Å²) in [6.07, 6.45) is 1.51. The van der Waals surface area contributed by atoms with Gasteiger partial charge in [-0.05, 0) is 6.07 Å². The summed E-state index contributed by atoms with van der Waals surface area (Å²) in [7, 11) is 3.10. The van der Waals surface area contributed by atoms with Gasteiger partial charge in [-0.15, -0.1) is 0 Å². The van der Waals surface area contributed by atoms with Gasteiger partial charge in [-0.25, -0.2) is 9.67 Å². The molecule has 0 spiro atoms. The molecular weight excluding hydrogens is 264 g/mol. The highest BCUT2D eigenvalue weighted by Gasteiger charge is 2.14. The lowest BCUT2D eigenvalue weighted by Crippen LogP contribution is -2.18. The van der Waals surface area contributed by atoms with Crippen LogP contribution in [0.2, 0.25) is 0 Å². The van der Waals surface area contributed by atoms with Gasteiger partial charge in [0.05, 0.1) is 17.1 Å². The third-order valence-electron chi connectivity index (χ3n) is 2.55. The molecule has 2 rings (SSSR count). The fourth-order valence-corrected chi connectivity index (χ4v) is 1.55. The standard InChI is InChI=1S/C11H12N6O3/c1-12-9-5-7(17(19)20)6-10(14-9)16-4-3-8(15-16)11(18)13-2/h3-6H,1-2H3,(H,12,14)(H,13,18). The summed E-state index contributed by atoms with van der Waals surface area (Å²) in [4.78, 5) is 25.9. The maximum absolute atomic E-state index is 11.4. The predicted octanol–water partition coefficient (Wildman–Crippen LogP) is 0.577. The predicted molar refractivity (Wildman–Crippen MR) is 71.0 cm³/mol. The van der Waals surface area contributed by atoms with Crippen LogP contribution in [0, 0.1) is 10.1 Å². The highest BCUT2D eigenvalue weighted by atomic mass is 16.6. The van der Waals surface area contributed by atoms with E-state index in [1.54, 1.807) is 7.05 Å². The molecule has 0 fully saturated rings. The molecule has 2 aromatic heterocycles. The number of nitrogens with one attached hydrogen (secondary N) is 2. The molecule has 0 atom stereocenters. The third kappa shape index (κ3) is 2.55. The summed E-state index contributed by atoms with van der Waals surface area (Å²) >= 11 is 0. The lowest BCUT2D eigenvalue weighted by Gasteiger charge is -2.04. The smallest absolute Gasteiger partial charge is 0.276 e. The normalized spacial score (nSPS) is 10.1. The van der Waals surface area contributed by atoms with Crippen molar-refractivity contribution < 1.29 is 9.72 Å². The van der Waals surface area contributed by atoms with E-state index >= 15 is 0 Å². The molecule has 0 saturated carbocycles. The highest BCUT2D eigenvalue weighted by Crippen LogP contribution is 2.19. The second-order valence-electron chi connectivity index (χ2n) is 3.80. The summed E-state index contributed by atoms with van der Waals surface area (Å²) in [6.45, 7) is 0. The summed E-state index contributed by atoms with van der Waals surface area (Å²) in [5, 5.41) is 20.1. The second kappa shape index (κ2) is 5.34. The lowest BCUT2D eigenvalue weighted by atomic mass is 10.3. The van der Waals surface area contributed by atoms with Crippen molar-refractivity contribution in [2.75, 3.05) is 19.4 Å². The van der Waals surface area contributed by atoms with Crippen LogP contribution in [0.4, 0.5) is 11.5 Å². The number of rotatable bonds is 4. The summed E-state index contributed by atoms with van der Waals surface area (Å²) < 4.78 is 1.30. The van der Waals surface area contributed by atoms with Crippen molar-refractivity contribution >= 4 is 17.4 Å². The summed E-state index contributed by atoms with van der Waals surface area (Å²) in [5.74, 6) is 0.243. The van der Waals surface area contributed by atoms with E-state index < -0.39 is 4.92 Å². The van der Waals surface area contributed by atoms with Gasteiger partial charge < -0.3 is 10.6 Å². The second-order valence-corrected chi connectivity index (χ2v) is 3.80. The Balaban J connectivity index is 2.46. The van der Waals surface area contributed by atoms with Gasteiger partial charge in [0.15, 0.2) is 11.5 Å². The molecule has 0 saturated heterocycles. The highest BCUT2D eigenvalue weighted by molar-refractivity contribution is 5.91. The molecule has 0 radical (unpaired) electrons. The minimum Gasteiger partial charge on any atom is -0.373 e. The number of anilines is 1. The van der Waals surface area contributed by atoms with E-state index in [9.17, 15) is 14.9 Å². The number of carbonyl (C=O) groups excluding carboxylic acids is 1. The van der Waals surface area contributed by atoms with Crippen LogP contribution in [0.1, 0.15) is 10.5 Å². The number of aromatic nitrogens is 3. The van der Waals surface area contributed by atoms with Crippen LogP contribution in [0.5, 0.6) is 0 Å². The van der Waals surface area contributed by atoms with Crippen molar-refractivity contribution in [2.45, 2.75) is 0 Å². The van der Waals surface area contributed by atoms with Crippen LogP contribution in [0.3, 0.4) is 0 Å². The Morgan fingerprint density at radius 1 is 1.40 bits per heavy atom. The van der Waals surface area contributed by atoms with E-state index in [2.05, 4.69) is 20.7 Å². The molecule has 0 bridgehead atoms. The quantitative estimate of drug-likeness (QED) is 0.623. The Hall–Kier alpha value is -2.97. The number of amides is 1.